The summed E-state index contributed by atoms with van der Waals surface area (Å²) < 4.78 is 12.8. The van der Waals surface area contributed by atoms with E-state index < -0.39 is 0 Å². The van der Waals surface area contributed by atoms with Crippen LogP contribution in [0, 0.1) is 6.92 Å². The minimum absolute atomic E-state index is 0.890. The lowest BCUT2D eigenvalue weighted by molar-refractivity contribution is 0.596. The van der Waals surface area contributed by atoms with Crippen LogP contribution in [0.1, 0.15) is 23.3 Å². The molecule has 0 spiro atoms. The SMILES string of the molecule is Cc1ccc(N(c2ccc3oc4ccc5ccccc5c4c3c2)c2cccc3c4c(oc23)C=CCC4)cc1. The van der Waals surface area contributed by atoms with Gasteiger partial charge in [0.05, 0.1) is 5.69 Å². The van der Waals surface area contributed by atoms with Gasteiger partial charge in [0.25, 0.3) is 0 Å². The van der Waals surface area contributed by atoms with Crippen LogP contribution in [0.15, 0.2) is 112 Å². The summed E-state index contributed by atoms with van der Waals surface area (Å²) in [5.74, 6) is 0.977. The van der Waals surface area contributed by atoms with Crippen LogP contribution in [-0.4, -0.2) is 0 Å². The Morgan fingerprint density at radius 1 is 0.684 bits per heavy atom. The van der Waals surface area contributed by atoms with Crippen molar-refractivity contribution in [3.8, 4) is 0 Å². The van der Waals surface area contributed by atoms with E-state index in [1.165, 1.54) is 27.3 Å². The maximum Gasteiger partial charge on any atom is 0.159 e. The quantitative estimate of drug-likeness (QED) is 0.246. The molecule has 1 aliphatic rings. The van der Waals surface area contributed by atoms with E-state index in [2.05, 4.69) is 121 Å². The summed E-state index contributed by atoms with van der Waals surface area (Å²) in [5.41, 5.74) is 8.44. The molecule has 2 aromatic heterocycles. The standard InChI is InChI=1S/C35H25NO2/c1-22-13-16-24(17-14-22)36(30-11-6-10-28-27-9-4-5-12-31(27)38-35(28)30)25-18-20-32-29(21-25)34-26-8-3-2-7-23(26)15-19-33(34)37-32/h2-3,5-8,10-21H,4,9H2,1H3. The zero-order chi connectivity index (χ0) is 25.2. The Balaban J connectivity index is 1.42. The van der Waals surface area contributed by atoms with E-state index in [0.29, 0.717) is 0 Å². The van der Waals surface area contributed by atoms with Crippen LogP contribution >= 0.6 is 0 Å². The van der Waals surface area contributed by atoms with E-state index in [4.69, 9.17) is 8.83 Å². The maximum absolute atomic E-state index is 6.52. The fraction of sp³-hybridized carbons (Fsp3) is 0.0857. The van der Waals surface area contributed by atoms with E-state index in [1.807, 2.05) is 0 Å². The zero-order valence-corrected chi connectivity index (χ0v) is 21.1. The Kier molecular flexibility index (Phi) is 4.56. The van der Waals surface area contributed by atoms with Gasteiger partial charge in [0.2, 0.25) is 0 Å². The van der Waals surface area contributed by atoms with Crippen molar-refractivity contribution >= 4 is 66.8 Å². The summed E-state index contributed by atoms with van der Waals surface area (Å²) in [5, 5.41) is 5.87. The van der Waals surface area contributed by atoms with Gasteiger partial charge >= 0.3 is 0 Å². The smallest absolute Gasteiger partial charge is 0.159 e. The molecular weight excluding hydrogens is 466 g/mol. The van der Waals surface area contributed by atoms with Gasteiger partial charge in [-0.3, -0.25) is 0 Å². The van der Waals surface area contributed by atoms with Crippen LogP contribution in [0.5, 0.6) is 0 Å². The Labute approximate surface area is 220 Å². The van der Waals surface area contributed by atoms with Gasteiger partial charge in [-0.25, -0.2) is 0 Å². The third kappa shape index (κ3) is 3.15. The summed E-state index contributed by atoms with van der Waals surface area (Å²) in [6.07, 6.45) is 6.37. The Morgan fingerprint density at radius 3 is 2.42 bits per heavy atom. The van der Waals surface area contributed by atoms with Crippen LogP contribution in [0.2, 0.25) is 0 Å². The minimum Gasteiger partial charge on any atom is -0.456 e. The second-order valence-electron chi connectivity index (χ2n) is 10.2. The molecule has 3 nitrogen and oxygen atoms in total. The number of fused-ring (bicyclic) bond motifs is 8. The van der Waals surface area contributed by atoms with Crippen LogP contribution in [0.25, 0.3) is 49.8 Å². The number of hydrogen-bond acceptors (Lipinski definition) is 3. The van der Waals surface area contributed by atoms with Gasteiger partial charge in [-0.2, -0.15) is 0 Å². The second kappa shape index (κ2) is 8.12. The summed E-state index contributed by atoms with van der Waals surface area (Å²) in [6.45, 7) is 2.12. The molecule has 0 saturated carbocycles. The second-order valence-corrected chi connectivity index (χ2v) is 10.2. The van der Waals surface area contributed by atoms with Gasteiger partial charge in [0.1, 0.15) is 16.9 Å². The number of hydrogen-bond donors (Lipinski definition) is 0. The molecule has 8 rings (SSSR count). The Bertz CT molecular complexity index is 2040. The Morgan fingerprint density at radius 2 is 1.50 bits per heavy atom. The highest BCUT2D eigenvalue weighted by Gasteiger charge is 2.22. The fourth-order valence-electron chi connectivity index (χ4n) is 5.96. The first-order chi connectivity index (χ1) is 18.7. The average Bonchev–Trinajstić information content (AvgIpc) is 3.53. The molecule has 38 heavy (non-hydrogen) atoms. The molecule has 0 saturated heterocycles. The third-order valence-electron chi connectivity index (χ3n) is 7.79. The highest BCUT2D eigenvalue weighted by atomic mass is 16.3. The molecular formula is C35H25NO2. The van der Waals surface area contributed by atoms with Crippen LogP contribution in [0.4, 0.5) is 17.1 Å². The molecule has 0 aliphatic heterocycles. The molecule has 0 bridgehead atoms. The minimum atomic E-state index is 0.890. The number of rotatable bonds is 3. The van der Waals surface area contributed by atoms with Crippen molar-refractivity contribution in [3.63, 3.8) is 0 Å². The monoisotopic (exact) mass is 491 g/mol. The first-order valence-electron chi connectivity index (χ1n) is 13.2. The molecule has 1 aliphatic carbocycles. The van der Waals surface area contributed by atoms with Crippen molar-refractivity contribution in [3.05, 3.63) is 120 Å². The number of aryl methyl sites for hydroxylation is 2. The van der Waals surface area contributed by atoms with Gasteiger partial charge in [-0.1, -0.05) is 66.2 Å². The molecule has 182 valence electrons. The van der Waals surface area contributed by atoms with Crippen molar-refractivity contribution in [2.45, 2.75) is 19.8 Å². The molecule has 0 amide bonds. The number of anilines is 3. The number of furan rings is 2. The van der Waals surface area contributed by atoms with Gasteiger partial charge in [0, 0.05) is 33.1 Å². The highest BCUT2D eigenvalue weighted by Crippen LogP contribution is 2.44. The number of para-hydroxylation sites is 1. The Hall–Kier alpha value is -4.76. The van der Waals surface area contributed by atoms with E-state index in [-0.39, 0.29) is 0 Å². The fourth-order valence-corrected chi connectivity index (χ4v) is 5.96. The highest BCUT2D eigenvalue weighted by molar-refractivity contribution is 6.19. The van der Waals surface area contributed by atoms with Gasteiger partial charge in [-0.15, -0.1) is 0 Å². The van der Waals surface area contributed by atoms with Crippen LogP contribution in [-0.2, 0) is 6.42 Å². The molecule has 5 aromatic carbocycles. The topological polar surface area (TPSA) is 29.5 Å². The third-order valence-corrected chi connectivity index (χ3v) is 7.79. The first kappa shape index (κ1) is 21.3. The molecule has 0 radical (unpaired) electrons. The summed E-state index contributed by atoms with van der Waals surface area (Å²) in [4.78, 5) is 2.31. The predicted octanol–water partition coefficient (Wildman–Crippen LogP) is 10.2. The maximum atomic E-state index is 6.52. The normalized spacial score (nSPS) is 13.1. The van der Waals surface area contributed by atoms with E-state index in [0.717, 1.165) is 63.2 Å². The largest absolute Gasteiger partial charge is 0.456 e. The van der Waals surface area contributed by atoms with Crippen LogP contribution in [0.3, 0.4) is 0 Å². The average molecular weight is 492 g/mol. The number of allylic oxidation sites excluding steroid dienone is 1. The van der Waals surface area contributed by atoms with E-state index >= 15 is 0 Å². The molecule has 0 atom stereocenters. The lowest BCUT2D eigenvalue weighted by atomic mass is 10.0. The predicted molar refractivity (Wildman–Crippen MR) is 158 cm³/mol. The molecule has 2 heterocycles. The molecule has 0 N–H and O–H groups in total. The van der Waals surface area contributed by atoms with Gasteiger partial charge < -0.3 is 13.7 Å². The first-order valence-corrected chi connectivity index (χ1v) is 13.2. The molecule has 0 fully saturated rings. The number of nitrogens with zero attached hydrogens (tertiary/aromatic N) is 1. The van der Waals surface area contributed by atoms with Crippen molar-refractivity contribution < 1.29 is 8.83 Å². The lowest BCUT2D eigenvalue weighted by Gasteiger charge is -2.25. The molecule has 0 unspecified atom stereocenters. The molecule has 3 heteroatoms. The van der Waals surface area contributed by atoms with Gasteiger partial charge in [0.15, 0.2) is 5.58 Å². The van der Waals surface area contributed by atoms with Crippen LogP contribution < -0.4 is 4.90 Å². The van der Waals surface area contributed by atoms with Gasteiger partial charge in [-0.05, 0) is 79.1 Å². The van der Waals surface area contributed by atoms with E-state index in [9.17, 15) is 0 Å². The lowest BCUT2D eigenvalue weighted by Crippen LogP contribution is -2.10. The summed E-state index contributed by atoms with van der Waals surface area (Å²) in [7, 11) is 0. The van der Waals surface area contributed by atoms with Crippen molar-refractivity contribution in [1.29, 1.82) is 0 Å². The molecule has 7 aromatic rings. The number of benzene rings is 5. The van der Waals surface area contributed by atoms with Crippen molar-refractivity contribution in [2.75, 3.05) is 4.90 Å². The summed E-state index contributed by atoms with van der Waals surface area (Å²) in [6, 6.07) is 34.4. The van der Waals surface area contributed by atoms with Crippen molar-refractivity contribution in [2.24, 2.45) is 0 Å². The van der Waals surface area contributed by atoms with Crippen molar-refractivity contribution in [1.82, 2.24) is 0 Å². The zero-order valence-electron chi connectivity index (χ0n) is 21.1. The van der Waals surface area contributed by atoms with E-state index in [1.54, 1.807) is 0 Å². The summed E-state index contributed by atoms with van der Waals surface area (Å²) >= 11 is 0.